The summed E-state index contributed by atoms with van der Waals surface area (Å²) >= 11 is 0. The van der Waals surface area contributed by atoms with E-state index in [-0.39, 0.29) is 36.1 Å². The standard InChI is InChI=1S/C19H21FN2O2.ClH/c1-24-17-8-4-14(5-9-17)18(13-2-6-16(20)7-3-13)22-19(23)15-10-11-21-12-15;/h2-9,15,18,21H,10-12H2,1H3,(H,22,23);1H. The lowest BCUT2D eigenvalue weighted by Crippen LogP contribution is -2.35. The van der Waals surface area contributed by atoms with Crippen LogP contribution >= 0.6 is 12.4 Å². The lowest BCUT2D eigenvalue weighted by molar-refractivity contribution is -0.124. The van der Waals surface area contributed by atoms with Crippen molar-refractivity contribution in [1.82, 2.24) is 10.6 Å². The van der Waals surface area contributed by atoms with Crippen molar-refractivity contribution < 1.29 is 13.9 Å². The van der Waals surface area contributed by atoms with Crippen molar-refractivity contribution in [2.75, 3.05) is 20.2 Å². The number of rotatable bonds is 5. The van der Waals surface area contributed by atoms with Crippen LogP contribution in [0.2, 0.25) is 0 Å². The van der Waals surface area contributed by atoms with E-state index in [4.69, 9.17) is 4.74 Å². The molecule has 1 amide bonds. The molecule has 6 heteroatoms. The van der Waals surface area contributed by atoms with Crippen LogP contribution in [0, 0.1) is 11.7 Å². The van der Waals surface area contributed by atoms with Crippen molar-refractivity contribution in [3.8, 4) is 5.75 Å². The van der Waals surface area contributed by atoms with Crippen LogP contribution in [-0.2, 0) is 4.79 Å². The first kappa shape index (κ1) is 19.2. The highest BCUT2D eigenvalue weighted by Crippen LogP contribution is 2.25. The molecule has 2 unspecified atom stereocenters. The van der Waals surface area contributed by atoms with E-state index in [2.05, 4.69) is 10.6 Å². The molecule has 0 radical (unpaired) electrons. The second kappa shape index (κ2) is 8.83. The van der Waals surface area contributed by atoms with E-state index >= 15 is 0 Å². The number of methoxy groups -OCH3 is 1. The van der Waals surface area contributed by atoms with Gasteiger partial charge in [-0.2, -0.15) is 0 Å². The average molecular weight is 365 g/mol. The maximum Gasteiger partial charge on any atom is 0.225 e. The summed E-state index contributed by atoms with van der Waals surface area (Å²) < 4.78 is 18.4. The van der Waals surface area contributed by atoms with Gasteiger partial charge in [0, 0.05) is 6.54 Å². The summed E-state index contributed by atoms with van der Waals surface area (Å²) in [5.74, 6) is 0.456. The van der Waals surface area contributed by atoms with Crippen molar-refractivity contribution in [2.24, 2.45) is 5.92 Å². The van der Waals surface area contributed by atoms with Gasteiger partial charge >= 0.3 is 0 Å². The molecule has 2 N–H and O–H groups in total. The van der Waals surface area contributed by atoms with Gasteiger partial charge in [0.15, 0.2) is 0 Å². The zero-order chi connectivity index (χ0) is 16.9. The second-order valence-corrected chi connectivity index (χ2v) is 5.96. The molecular formula is C19H22ClFN2O2. The molecule has 2 aromatic rings. The Labute approximate surface area is 153 Å². The Morgan fingerprint density at radius 2 is 1.76 bits per heavy atom. The fourth-order valence-corrected chi connectivity index (χ4v) is 2.95. The van der Waals surface area contributed by atoms with Crippen LogP contribution in [0.4, 0.5) is 4.39 Å². The monoisotopic (exact) mass is 364 g/mol. The molecule has 0 spiro atoms. The van der Waals surface area contributed by atoms with Crippen molar-refractivity contribution >= 4 is 18.3 Å². The Morgan fingerprint density at radius 3 is 2.28 bits per heavy atom. The summed E-state index contributed by atoms with van der Waals surface area (Å²) in [6, 6.07) is 13.5. The van der Waals surface area contributed by atoms with Gasteiger partial charge in [0.2, 0.25) is 5.91 Å². The first-order valence-corrected chi connectivity index (χ1v) is 8.08. The summed E-state index contributed by atoms with van der Waals surface area (Å²) in [5, 5.41) is 6.31. The molecule has 1 aliphatic rings. The van der Waals surface area contributed by atoms with Gasteiger partial charge in [-0.3, -0.25) is 4.79 Å². The molecule has 0 aromatic heterocycles. The third-order valence-electron chi connectivity index (χ3n) is 4.37. The molecule has 0 aliphatic carbocycles. The maximum absolute atomic E-state index is 13.2. The van der Waals surface area contributed by atoms with E-state index in [1.54, 1.807) is 19.2 Å². The van der Waals surface area contributed by atoms with E-state index in [9.17, 15) is 9.18 Å². The molecule has 25 heavy (non-hydrogen) atoms. The Hall–Kier alpha value is -2.11. The van der Waals surface area contributed by atoms with E-state index in [1.807, 2.05) is 24.3 Å². The SMILES string of the molecule is COc1ccc(C(NC(=O)C2CCNC2)c2ccc(F)cc2)cc1.Cl. The van der Waals surface area contributed by atoms with Gasteiger partial charge in [0.05, 0.1) is 19.1 Å². The number of carbonyl (C=O) groups excluding carboxylic acids is 1. The van der Waals surface area contributed by atoms with Gasteiger partial charge in [-0.05, 0) is 48.4 Å². The van der Waals surface area contributed by atoms with Crippen molar-refractivity contribution in [3.05, 3.63) is 65.5 Å². The normalized spacial score (nSPS) is 17.4. The predicted molar refractivity (Wildman–Crippen MR) is 97.6 cm³/mol. The molecule has 1 heterocycles. The number of hydrogen-bond acceptors (Lipinski definition) is 3. The van der Waals surface area contributed by atoms with Crippen LogP contribution in [-0.4, -0.2) is 26.1 Å². The highest BCUT2D eigenvalue weighted by atomic mass is 35.5. The largest absolute Gasteiger partial charge is 0.497 e. The number of halogens is 2. The minimum atomic E-state index is -0.315. The van der Waals surface area contributed by atoms with E-state index < -0.39 is 0 Å². The van der Waals surface area contributed by atoms with E-state index in [0.29, 0.717) is 6.54 Å². The molecule has 4 nitrogen and oxygen atoms in total. The minimum absolute atomic E-state index is 0. The topological polar surface area (TPSA) is 50.4 Å². The van der Waals surface area contributed by atoms with Gasteiger partial charge < -0.3 is 15.4 Å². The number of carbonyl (C=O) groups is 1. The zero-order valence-corrected chi connectivity index (χ0v) is 14.8. The molecule has 3 rings (SSSR count). The zero-order valence-electron chi connectivity index (χ0n) is 14.0. The smallest absolute Gasteiger partial charge is 0.225 e. The molecular weight excluding hydrogens is 343 g/mol. The molecule has 0 bridgehead atoms. The molecule has 1 saturated heterocycles. The van der Waals surface area contributed by atoms with Crippen LogP contribution in [0.25, 0.3) is 0 Å². The maximum atomic E-state index is 13.2. The van der Waals surface area contributed by atoms with Gasteiger partial charge in [0.25, 0.3) is 0 Å². The molecule has 2 atom stereocenters. The van der Waals surface area contributed by atoms with E-state index in [1.165, 1.54) is 12.1 Å². The third kappa shape index (κ3) is 4.71. The highest BCUT2D eigenvalue weighted by Gasteiger charge is 2.25. The van der Waals surface area contributed by atoms with Gasteiger partial charge in [0.1, 0.15) is 11.6 Å². The molecule has 2 aromatic carbocycles. The minimum Gasteiger partial charge on any atom is -0.497 e. The highest BCUT2D eigenvalue weighted by molar-refractivity contribution is 5.85. The van der Waals surface area contributed by atoms with Gasteiger partial charge in [-0.25, -0.2) is 4.39 Å². The number of ether oxygens (including phenoxy) is 1. The summed E-state index contributed by atoms with van der Waals surface area (Å²) in [6.45, 7) is 1.56. The summed E-state index contributed by atoms with van der Waals surface area (Å²) in [5.41, 5.74) is 1.78. The van der Waals surface area contributed by atoms with Crippen molar-refractivity contribution in [2.45, 2.75) is 12.5 Å². The predicted octanol–water partition coefficient (Wildman–Crippen LogP) is 3.07. The van der Waals surface area contributed by atoms with Crippen LogP contribution < -0.4 is 15.4 Å². The van der Waals surface area contributed by atoms with Crippen LogP contribution in [0.3, 0.4) is 0 Å². The fraction of sp³-hybridized carbons (Fsp3) is 0.316. The molecule has 0 saturated carbocycles. The van der Waals surface area contributed by atoms with E-state index in [0.717, 1.165) is 29.8 Å². The number of benzene rings is 2. The third-order valence-corrected chi connectivity index (χ3v) is 4.37. The average Bonchev–Trinajstić information content (AvgIpc) is 3.15. The lowest BCUT2D eigenvalue weighted by atomic mass is 9.97. The summed E-state index contributed by atoms with van der Waals surface area (Å²) in [6.07, 6.45) is 0.838. The summed E-state index contributed by atoms with van der Waals surface area (Å²) in [4.78, 5) is 12.5. The number of amides is 1. The quantitative estimate of drug-likeness (QED) is 0.857. The van der Waals surface area contributed by atoms with Crippen LogP contribution in [0.5, 0.6) is 5.75 Å². The van der Waals surface area contributed by atoms with Gasteiger partial charge in [-0.1, -0.05) is 24.3 Å². The Bertz CT molecular complexity index is 686. The second-order valence-electron chi connectivity index (χ2n) is 5.96. The Balaban J connectivity index is 0.00000225. The van der Waals surface area contributed by atoms with Crippen LogP contribution in [0.1, 0.15) is 23.6 Å². The number of nitrogens with one attached hydrogen (secondary N) is 2. The molecule has 134 valence electrons. The Kier molecular flexibility index (Phi) is 6.79. The summed E-state index contributed by atoms with van der Waals surface area (Å²) in [7, 11) is 1.61. The number of hydrogen-bond donors (Lipinski definition) is 2. The fourth-order valence-electron chi connectivity index (χ4n) is 2.95. The van der Waals surface area contributed by atoms with Gasteiger partial charge in [-0.15, -0.1) is 12.4 Å². The van der Waals surface area contributed by atoms with Crippen molar-refractivity contribution in [3.63, 3.8) is 0 Å². The van der Waals surface area contributed by atoms with Crippen LogP contribution in [0.15, 0.2) is 48.5 Å². The van der Waals surface area contributed by atoms with Crippen molar-refractivity contribution in [1.29, 1.82) is 0 Å². The Morgan fingerprint density at radius 1 is 1.16 bits per heavy atom. The molecule has 1 fully saturated rings. The first-order chi connectivity index (χ1) is 11.7. The molecule has 1 aliphatic heterocycles. The lowest BCUT2D eigenvalue weighted by Gasteiger charge is -2.22. The first-order valence-electron chi connectivity index (χ1n) is 8.08.